The Kier molecular flexibility index (Phi) is 5.27. The second-order valence-electron chi connectivity index (χ2n) is 6.55. The fourth-order valence-electron chi connectivity index (χ4n) is 2.96. The van der Waals surface area contributed by atoms with Gasteiger partial charge in [0.1, 0.15) is 25.2 Å². The van der Waals surface area contributed by atoms with Gasteiger partial charge in [0.05, 0.1) is 11.0 Å². The second-order valence-corrected chi connectivity index (χ2v) is 8.31. The van der Waals surface area contributed by atoms with E-state index < -0.39 is 16.1 Å². The summed E-state index contributed by atoms with van der Waals surface area (Å²) in [4.78, 5) is 4.31. The maximum Gasteiger partial charge on any atom is 0.240 e. The summed E-state index contributed by atoms with van der Waals surface area (Å²) in [6, 6.07) is 11.3. The molecule has 0 spiro atoms. The summed E-state index contributed by atoms with van der Waals surface area (Å²) < 4.78 is 43.6. The number of aliphatic hydroxyl groups is 1. The molecule has 0 saturated carbocycles. The average Bonchev–Trinajstić information content (AvgIpc) is 3.18. The average molecular weight is 416 g/mol. The molecule has 152 valence electrons. The number of ether oxygens (including phenoxy) is 2. The Hall–Kier alpha value is -2.88. The minimum atomic E-state index is -3.78. The Morgan fingerprint density at radius 1 is 1.10 bits per heavy atom. The Labute approximate surface area is 168 Å². The lowest BCUT2D eigenvalue weighted by Gasteiger charge is -2.20. The minimum Gasteiger partial charge on any atom is -0.486 e. The van der Waals surface area contributed by atoms with Crippen molar-refractivity contribution in [1.29, 1.82) is 0 Å². The van der Waals surface area contributed by atoms with Crippen molar-refractivity contribution < 1.29 is 27.4 Å². The van der Waals surface area contributed by atoms with Crippen LogP contribution in [-0.2, 0) is 10.0 Å². The van der Waals surface area contributed by atoms with E-state index in [0.717, 1.165) is 5.56 Å². The van der Waals surface area contributed by atoms with E-state index in [0.29, 0.717) is 41.9 Å². The summed E-state index contributed by atoms with van der Waals surface area (Å²) in [5.74, 6) is 1.68. The molecule has 0 bridgehead atoms. The molecule has 3 aromatic rings. The lowest BCUT2D eigenvalue weighted by molar-refractivity contribution is 0.165. The van der Waals surface area contributed by atoms with Crippen LogP contribution in [0.15, 0.2) is 58.0 Å². The molecule has 1 aromatic heterocycles. The quantitative estimate of drug-likeness (QED) is 0.635. The van der Waals surface area contributed by atoms with E-state index in [1.165, 1.54) is 18.4 Å². The number of hydrogen-bond donors (Lipinski definition) is 2. The molecule has 2 N–H and O–H groups in total. The van der Waals surface area contributed by atoms with Crippen LogP contribution >= 0.6 is 0 Å². The number of nitrogens with zero attached hydrogens (tertiary/aromatic N) is 1. The molecule has 1 aliphatic rings. The molecule has 0 aliphatic carbocycles. The van der Waals surface area contributed by atoms with E-state index in [2.05, 4.69) is 9.71 Å². The Morgan fingerprint density at radius 2 is 1.83 bits per heavy atom. The maximum atomic E-state index is 12.6. The summed E-state index contributed by atoms with van der Waals surface area (Å²) in [5.41, 5.74) is 1.92. The first kappa shape index (κ1) is 19.4. The Balaban J connectivity index is 1.43. The molecule has 0 saturated heterocycles. The highest BCUT2D eigenvalue weighted by Gasteiger charge is 2.19. The molecule has 0 fully saturated rings. The van der Waals surface area contributed by atoms with Crippen molar-refractivity contribution in [2.75, 3.05) is 19.8 Å². The molecule has 0 amide bonds. The summed E-state index contributed by atoms with van der Waals surface area (Å²) >= 11 is 0. The van der Waals surface area contributed by atoms with Crippen molar-refractivity contribution in [2.45, 2.75) is 17.9 Å². The lowest BCUT2D eigenvalue weighted by Crippen LogP contribution is -2.28. The van der Waals surface area contributed by atoms with Crippen LogP contribution < -0.4 is 14.2 Å². The van der Waals surface area contributed by atoms with Crippen molar-refractivity contribution >= 4 is 10.0 Å². The Morgan fingerprint density at radius 3 is 2.52 bits per heavy atom. The number of nitrogens with one attached hydrogen (secondary N) is 1. The van der Waals surface area contributed by atoms with Gasteiger partial charge in [0.2, 0.25) is 10.0 Å². The van der Waals surface area contributed by atoms with Gasteiger partial charge in [0, 0.05) is 19.0 Å². The smallest absolute Gasteiger partial charge is 0.240 e. The van der Waals surface area contributed by atoms with E-state index in [1.807, 2.05) is 0 Å². The number of aromatic nitrogens is 1. The van der Waals surface area contributed by atoms with Crippen LogP contribution in [0.1, 0.15) is 17.6 Å². The molecule has 0 radical (unpaired) electrons. The summed E-state index contributed by atoms with van der Waals surface area (Å²) in [5, 5.41) is 10.4. The minimum absolute atomic E-state index is 0.0934. The summed E-state index contributed by atoms with van der Waals surface area (Å²) in [6.45, 7) is 2.47. The van der Waals surface area contributed by atoms with Gasteiger partial charge in [0.25, 0.3) is 0 Å². The number of rotatable bonds is 6. The van der Waals surface area contributed by atoms with Crippen LogP contribution in [0.2, 0.25) is 0 Å². The van der Waals surface area contributed by atoms with Gasteiger partial charge < -0.3 is 19.0 Å². The van der Waals surface area contributed by atoms with Crippen LogP contribution in [-0.4, -0.2) is 38.3 Å². The maximum absolute atomic E-state index is 12.6. The number of fused-ring (bicyclic) bond motifs is 1. The van der Waals surface area contributed by atoms with Gasteiger partial charge in [-0.15, -0.1) is 0 Å². The first-order valence-corrected chi connectivity index (χ1v) is 10.5. The molecule has 1 atom stereocenters. The zero-order valence-electron chi connectivity index (χ0n) is 15.7. The highest BCUT2D eigenvalue weighted by molar-refractivity contribution is 7.89. The van der Waals surface area contributed by atoms with Crippen LogP contribution in [0.25, 0.3) is 11.3 Å². The van der Waals surface area contributed by atoms with E-state index in [9.17, 15) is 13.5 Å². The van der Waals surface area contributed by atoms with Crippen LogP contribution in [0.4, 0.5) is 0 Å². The van der Waals surface area contributed by atoms with Crippen molar-refractivity contribution in [3.05, 3.63) is 60.2 Å². The number of benzene rings is 2. The zero-order chi connectivity index (χ0) is 20.4. The third-order valence-electron chi connectivity index (χ3n) is 4.50. The highest BCUT2D eigenvalue weighted by Crippen LogP contribution is 2.32. The first-order valence-electron chi connectivity index (χ1n) is 9.02. The predicted molar refractivity (Wildman–Crippen MR) is 104 cm³/mol. The molecule has 1 aliphatic heterocycles. The fourth-order valence-corrected chi connectivity index (χ4v) is 4.00. The number of oxazole rings is 1. The summed E-state index contributed by atoms with van der Waals surface area (Å²) in [6.07, 6.45) is 0.485. The second kappa shape index (κ2) is 7.86. The number of sulfonamides is 1. The zero-order valence-corrected chi connectivity index (χ0v) is 16.5. The third-order valence-corrected chi connectivity index (χ3v) is 5.94. The van der Waals surface area contributed by atoms with Crippen molar-refractivity contribution in [3.8, 4) is 22.8 Å². The van der Waals surface area contributed by atoms with Gasteiger partial charge >= 0.3 is 0 Å². The summed E-state index contributed by atoms with van der Waals surface area (Å²) in [7, 11) is -3.78. The number of aliphatic hydroxyl groups excluding tert-OH is 1. The van der Waals surface area contributed by atoms with Crippen LogP contribution in [0, 0.1) is 6.92 Å². The molecular weight excluding hydrogens is 396 g/mol. The van der Waals surface area contributed by atoms with Gasteiger partial charge in [-0.1, -0.05) is 18.2 Å². The predicted octanol–water partition coefficient (Wildman–Crippen LogP) is 2.43. The molecule has 2 heterocycles. The van der Waals surface area contributed by atoms with Gasteiger partial charge in [-0.3, -0.25) is 0 Å². The molecule has 9 heteroatoms. The van der Waals surface area contributed by atoms with Crippen LogP contribution in [0.5, 0.6) is 11.5 Å². The van der Waals surface area contributed by atoms with E-state index in [-0.39, 0.29) is 11.4 Å². The molecule has 29 heavy (non-hydrogen) atoms. The monoisotopic (exact) mass is 416 g/mol. The van der Waals surface area contributed by atoms with E-state index >= 15 is 0 Å². The lowest BCUT2D eigenvalue weighted by atomic mass is 10.1. The standard InChI is InChI=1S/C20H20N2O6S/c1-13-22-17(12-28-13)14-2-5-16(6-3-14)29(24,25)21-11-18(23)15-4-7-19-20(10-15)27-9-8-26-19/h2-7,10,12,18,21,23H,8-9,11H2,1H3/t18-/m1/s1. The molecular formula is C20H20N2O6S. The highest BCUT2D eigenvalue weighted by atomic mass is 32.2. The normalized spacial score (nSPS) is 14.6. The van der Waals surface area contributed by atoms with E-state index in [1.54, 1.807) is 37.3 Å². The largest absolute Gasteiger partial charge is 0.486 e. The fraction of sp³-hybridized carbons (Fsp3) is 0.250. The first-order chi connectivity index (χ1) is 13.9. The van der Waals surface area contributed by atoms with Crippen LogP contribution in [0.3, 0.4) is 0 Å². The molecule has 4 rings (SSSR count). The van der Waals surface area contributed by atoms with E-state index in [4.69, 9.17) is 13.9 Å². The van der Waals surface area contributed by atoms with Gasteiger partial charge in [0.15, 0.2) is 17.4 Å². The van der Waals surface area contributed by atoms with Crippen molar-refractivity contribution in [2.24, 2.45) is 0 Å². The number of hydrogen-bond acceptors (Lipinski definition) is 7. The SMILES string of the molecule is Cc1nc(-c2ccc(S(=O)(=O)NC[C@@H](O)c3ccc4c(c3)OCCO4)cc2)co1. The van der Waals surface area contributed by atoms with Gasteiger partial charge in [-0.05, 0) is 29.8 Å². The third kappa shape index (κ3) is 4.26. The molecule has 8 nitrogen and oxygen atoms in total. The van der Waals surface area contributed by atoms with Crippen molar-refractivity contribution in [1.82, 2.24) is 9.71 Å². The van der Waals surface area contributed by atoms with Crippen molar-refractivity contribution in [3.63, 3.8) is 0 Å². The van der Waals surface area contributed by atoms with Gasteiger partial charge in [-0.2, -0.15) is 0 Å². The topological polar surface area (TPSA) is 111 Å². The number of aryl methyl sites for hydroxylation is 1. The molecule has 2 aromatic carbocycles. The Bertz CT molecular complexity index is 1110. The molecule has 0 unspecified atom stereocenters. The van der Waals surface area contributed by atoms with Gasteiger partial charge in [-0.25, -0.2) is 18.1 Å².